The molecule has 0 bridgehead atoms. The first-order valence-electron chi connectivity index (χ1n) is 17.8. The van der Waals surface area contributed by atoms with E-state index >= 15 is 0 Å². The van der Waals surface area contributed by atoms with Gasteiger partial charge < -0.3 is 25.7 Å². The first kappa shape index (κ1) is 46.1. The number of nitrogens with zero attached hydrogens (tertiary/aromatic N) is 3. The molecule has 13 heteroatoms. The van der Waals surface area contributed by atoms with Gasteiger partial charge in [-0.25, -0.2) is 0 Å². The fraction of sp³-hybridized carbons (Fsp3) is 0.939. The summed E-state index contributed by atoms with van der Waals surface area (Å²) in [6.45, 7) is 19.7. The van der Waals surface area contributed by atoms with Crippen LogP contribution in [0.4, 0.5) is 0 Å². The van der Waals surface area contributed by atoms with Crippen LogP contribution in [0.3, 0.4) is 0 Å². The van der Waals surface area contributed by atoms with Crippen molar-refractivity contribution in [2.45, 2.75) is 105 Å². The van der Waals surface area contributed by atoms with Crippen molar-refractivity contribution in [3.63, 3.8) is 0 Å². The Balaban J connectivity index is 4.01. The lowest BCUT2D eigenvalue weighted by atomic mass is 10.2. The van der Waals surface area contributed by atoms with Gasteiger partial charge in [0.1, 0.15) is 0 Å². The van der Waals surface area contributed by atoms with Gasteiger partial charge in [-0.05, 0) is 51.7 Å². The van der Waals surface area contributed by atoms with Crippen molar-refractivity contribution in [2.75, 3.05) is 95.0 Å². The van der Waals surface area contributed by atoms with Crippen LogP contribution < -0.4 is 10.6 Å². The summed E-state index contributed by atoms with van der Waals surface area (Å²) in [5.41, 5.74) is 0. The van der Waals surface area contributed by atoms with Crippen molar-refractivity contribution in [3.05, 3.63) is 0 Å². The monoisotopic (exact) mass is 727 g/mol. The molecule has 0 saturated heterocycles. The molecule has 0 aromatic rings. The zero-order valence-electron chi connectivity index (χ0n) is 29.8. The molecular weight excluding hydrogens is 659 g/mol. The Kier molecular flexibility index (Phi) is 33.7. The molecule has 0 saturated carbocycles. The maximum absolute atomic E-state index is 12.4. The van der Waals surface area contributed by atoms with Gasteiger partial charge in [-0.15, -0.1) is 0 Å². The number of carbonyl (C=O) groups is 2. The predicted octanol–water partition coefficient (Wildman–Crippen LogP) is 5.22. The first-order chi connectivity index (χ1) is 22.3. The van der Waals surface area contributed by atoms with E-state index in [4.69, 9.17) is 0 Å². The molecule has 0 heterocycles. The Labute approximate surface area is 298 Å². The summed E-state index contributed by atoms with van der Waals surface area (Å²) in [6.07, 6.45) is 7.64. The molecule has 0 aromatic carbocycles. The molecule has 0 spiro atoms. The number of unbranched alkanes of at least 4 members (excludes halogenated alkanes) is 2. The largest absolute Gasteiger partial charge is 0.392 e. The van der Waals surface area contributed by atoms with Crippen LogP contribution in [0.1, 0.15) is 92.4 Å². The number of carbonyl (C=O) groups excluding carboxylic acids is 2. The third-order valence-electron chi connectivity index (χ3n) is 7.55. The Morgan fingerprint density at radius 1 is 0.543 bits per heavy atom. The molecule has 2 amide bonds. The third kappa shape index (κ3) is 29.1. The van der Waals surface area contributed by atoms with Gasteiger partial charge in [-0.2, -0.15) is 0 Å². The Hall–Kier alpha value is 0.140. The second-order valence-electron chi connectivity index (χ2n) is 11.8. The number of amides is 2. The smallest absolute Gasteiger partial charge is 0.221 e. The van der Waals surface area contributed by atoms with E-state index in [-0.39, 0.29) is 24.0 Å². The van der Waals surface area contributed by atoms with Crippen LogP contribution in [0.15, 0.2) is 0 Å². The van der Waals surface area contributed by atoms with Crippen LogP contribution in [0.2, 0.25) is 0 Å². The maximum atomic E-state index is 12.4. The summed E-state index contributed by atoms with van der Waals surface area (Å²) in [7, 11) is 7.25. The molecule has 274 valence electrons. The van der Waals surface area contributed by atoms with E-state index in [2.05, 4.69) is 46.1 Å². The molecule has 46 heavy (non-hydrogen) atoms. The zero-order valence-corrected chi connectivity index (χ0v) is 33.1. The van der Waals surface area contributed by atoms with E-state index in [9.17, 15) is 19.8 Å². The molecule has 0 aromatic heterocycles. The van der Waals surface area contributed by atoms with Gasteiger partial charge in [-0.1, -0.05) is 90.6 Å². The van der Waals surface area contributed by atoms with E-state index in [1.807, 2.05) is 35.4 Å². The van der Waals surface area contributed by atoms with Gasteiger partial charge in [0.15, 0.2) is 0 Å². The summed E-state index contributed by atoms with van der Waals surface area (Å²) in [5, 5.41) is 26.1. The number of nitrogens with one attached hydrogen (secondary N) is 2. The molecule has 0 aliphatic carbocycles. The fourth-order valence-electron chi connectivity index (χ4n) is 4.59. The number of hydrogen-bond acceptors (Lipinski definition) is 11. The highest BCUT2D eigenvalue weighted by atomic mass is 33.1. The summed E-state index contributed by atoms with van der Waals surface area (Å²) >= 11 is 0. The highest BCUT2D eigenvalue weighted by molar-refractivity contribution is 8.77. The average molecular weight is 728 g/mol. The van der Waals surface area contributed by atoms with Gasteiger partial charge in [0.25, 0.3) is 0 Å². The summed E-state index contributed by atoms with van der Waals surface area (Å²) in [4.78, 5) is 31.8. The van der Waals surface area contributed by atoms with Crippen LogP contribution in [0.5, 0.6) is 0 Å². The Morgan fingerprint density at radius 2 is 0.957 bits per heavy atom. The lowest BCUT2D eigenvalue weighted by Crippen LogP contribution is -2.35. The topological polar surface area (TPSA) is 108 Å². The lowest BCUT2D eigenvalue weighted by molar-refractivity contribution is -0.121. The molecular formula is C33H69N5O4S4. The highest BCUT2D eigenvalue weighted by Gasteiger charge is 2.12. The lowest BCUT2D eigenvalue weighted by Gasteiger charge is -2.24. The Morgan fingerprint density at radius 3 is 1.33 bits per heavy atom. The quantitative estimate of drug-likeness (QED) is 0.0518. The number of hydrogen-bond donors (Lipinski definition) is 4. The zero-order chi connectivity index (χ0) is 34.3. The van der Waals surface area contributed by atoms with Crippen molar-refractivity contribution in [1.82, 2.24) is 25.3 Å². The van der Waals surface area contributed by atoms with Crippen LogP contribution >= 0.6 is 43.2 Å². The van der Waals surface area contributed by atoms with Gasteiger partial charge in [-0.3, -0.25) is 19.4 Å². The fourth-order valence-corrected chi connectivity index (χ4v) is 8.46. The van der Waals surface area contributed by atoms with Gasteiger partial charge in [0.05, 0.1) is 12.2 Å². The SMILES string of the molecule is CCCCN(CCSSCCNC(=O)CCN(CCC)CCC(=O)NCCSSCCN(CCCC)CC(O)CC)CC(O)CC. The molecule has 0 fully saturated rings. The van der Waals surface area contributed by atoms with Crippen molar-refractivity contribution < 1.29 is 19.8 Å². The molecule has 0 aliphatic heterocycles. The van der Waals surface area contributed by atoms with Crippen molar-refractivity contribution in [2.24, 2.45) is 0 Å². The molecule has 4 N–H and O–H groups in total. The summed E-state index contributed by atoms with van der Waals surface area (Å²) in [5.74, 6) is 3.91. The molecule has 2 unspecified atom stereocenters. The molecule has 0 aliphatic rings. The predicted molar refractivity (Wildman–Crippen MR) is 207 cm³/mol. The maximum Gasteiger partial charge on any atom is 0.221 e. The van der Waals surface area contributed by atoms with Crippen LogP contribution in [0.25, 0.3) is 0 Å². The number of aliphatic hydroxyl groups is 2. The second-order valence-corrected chi connectivity index (χ2v) is 17.2. The number of aliphatic hydroxyl groups excluding tert-OH is 2. The van der Waals surface area contributed by atoms with Crippen molar-refractivity contribution >= 4 is 55.0 Å². The van der Waals surface area contributed by atoms with Crippen LogP contribution in [-0.2, 0) is 9.59 Å². The minimum atomic E-state index is -0.246. The number of rotatable bonds is 34. The average Bonchev–Trinajstić information content (AvgIpc) is 3.05. The summed E-state index contributed by atoms with van der Waals surface area (Å²) < 4.78 is 0. The molecule has 2 atom stereocenters. The molecule has 0 rings (SSSR count). The van der Waals surface area contributed by atoms with Gasteiger partial charge in [0, 0.05) is 88.2 Å². The minimum absolute atomic E-state index is 0.0694. The van der Waals surface area contributed by atoms with E-state index in [0.29, 0.717) is 39.0 Å². The minimum Gasteiger partial charge on any atom is -0.392 e. The van der Waals surface area contributed by atoms with E-state index in [1.54, 1.807) is 21.6 Å². The van der Waals surface area contributed by atoms with Crippen LogP contribution in [-0.4, -0.2) is 144 Å². The third-order valence-corrected chi connectivity index (χ3v) is 12.3. The highest BCUT2D eigenvalue weighted by Crippen LogP contribution is 2.21. The molecule has 9 nitrogen and oxygen atoms in total. The standard InChI is InChI=1S/C33H69N5O4S4/c1-6-11-18-37(28-30(39)9-4)22-26-45-43-24-15-34-32(41)13-20-36(17-8-3)21-14-33(42)35-16-25-44-46-27-23-38(19-12-7-2)29-31(40)10-5/h30-31,39-40H,6-29H2,1-5H3,(H,34,41)(H,35,42). The van der Waals surface area contributed by atoms with Crippen LogP contribution in [0, 0.1) is 0 Å². The Bertz CT molecular complexity index is 663. The van der Waals surface area contributed by atoms with E-state index < -0.39 is 0 Å². The summed E-state index contributed by atoms with van der Waals surface area (Å²) in [6, 6.07) is 0. The van der Waals surface area contributed by atoms with Crippen molar-refractivity contribution in [3.8, 4) is 0 Å². The first-order valence-corrected chi connectivity index (χ1v) is 22.8. The van der Waals surface area contributed by atoms with E-state index in [1.165, 1.54) is 0 Å². The normalized spacial score (nSPS) is 13.1. The van der Waals surface area contributed by atoms with Crippen molar-refractivity contribution in [1.29, 1.82) is 0 Å². The van der Waals surface area contributed by atoms with Gasteiger partial charge >= 0.3 is 0 Å². The molecule has 0 radical (unpaired) electrons. The second kappa shape index (κ2) is 33.6. The van der Waals surface area contributed by atoms with Gasteiger partial charge in [0.2, 0.25) is 11.8 Å². The van der Waals surface area contributed by atoms with E-state index in [0.717, 1.165) is 114 Å².